The summed E-state index contributed by atoms with van der Waals surface area (Å²) in [5.74, 6) is 1.76. The third kappa shape index (κ3) is 2.26. The van der Waals surface area contributed by atoms with Gasteiger partial charge in [-0.15, -0.1) is 0 Å². The maximum atomic E-state index is 11.7. The van der Waals surface area contributed by atoms with E-state index in [2.05, 4.69) is 5.32 Å². The van der Waals surface area contributed by atoms with Gasteiger partial charge in [-0.1, -0.05) is 12.8 Å². The summed E-state index contributed by atoms with van der Waals surface area (Å²) < 4.78 is 23.5. The molecule has 5 atom stereocenters. The van der Waals surface area contributed by atoms with Crippen molar-refractivity contribution in [2.45, 2.75) is 62.3 Å². The molecule has 0 amide bonds. The van der Waals surface area contributed by atoms with Gasteiger partial charge >= 0.3 is 0 Å². The zero-order chi connectivity index (χ0) is 12.0. The molecule has 0 saturated heterocycles. The van der Waals surface area contributed by atoms with E-state index < -0.39 is 9.84 Å². The third-order valence-electron chi connectivity index (χ3n) is 5.17. The zero-order valence-corrected chi connectivity index (χ0v) is 11.4. The van der Waals surface area contributed by atoms with Crippen LogP contribution < -0.4 is 5.32 Å². The van der Waals surface area contributed by atoms with Gasteiger partial charge in [0.15, 0.2) is 9.84 Å². The Morgan fingerprint density at radius 2 is 1.82 bits per heavy atom. The summed E-state index contributed by atoms with van der Waals surface area (Å²) in [5, 5.41) is 3.56. The zero-order valence-electron chi connectivity index (χ0n) is 10.6. The molecule has 0 radical (unpaired) electrons. The fourth-order valence-electron chi connectivity index (χ4n) is 4.35. The highest BCUT2D eigenvalue weighted by atomic mass is 32.2. The van der Waals surface area contributed by atoms with Crippen LogP contribution in [0.5, 0.6) is 0 Å². The van der Waals surface area contributed by atoms with E-state index in [9.17, 15) is 8.42 Å². The van der Waals surface area contributed by atoms with Gasteiger partial charge in [0.05, 0.1) is 5.25 Å². The summed E-state index contributed by atoms with van der Waals surface area (Å²) in [7, 11) is -2.87. The van der Waals surface area contributed by atoms with Gasteiger partial charge in [-0.2, -0.15) is 0 Å². The van der Waals surface area contributed by atoms with Crippen LogP contribution >= 0.6 is 0 Å². The lowest BCUT2D eigenvalue weighted by Crippen LogP contribution is -2.47. The van der Waals surface area contributed by atoms with E-state index in [1.54, 1.807) is 0 Å². The standard InChI is InChI=1S/C13H23NO2S/c1-17(15,16)13-4-2-3-11(13)14-12-8-9-5-6-10(12)7-9/h9-14H,2-8H2,1H3. The van der Waals surface area contributed by atoms with Gasteiger partial charge in [0.2, 0.25) is 0 Å². The smallest absolute Gasteiger partial charge is 0.151 e. The lowest BCUT2D eigenvalue weighted by molar-refractivity contribution is 0.318. The van der Waals surface area contributed by atoms with Gasteiger partial charge in [0.1, 0.15) is 0 Å². The average molecular weight is 257 g/mol. The van der Waals surface area contributed by atoms with Crippen LogP contribution in [-0.4, -0.2) is 32.0 Å². The Balaban J connectivity index is 1.65. The summed E-state index contributed by atoms with van der Waals surface area (Å²) in [6.07, 6.45) is 9.81. The highest BCUT2D eigenvalue weighted by Crippen LogP contribution is 2.45. The molecule has 3 aliphatic rings. The summed E-state index contributed by atoms with van der Waals surface area (Å²) in [6.45, 7) is 0. The lowest BCUT2D eigenvalue weighted by atomic mass is 9.94. The molecule has 0 aromatic heterocycles. The molecule has 4 heteroatoms. The summed E-state index contributed by atoms with van der Waals surface area (Å²) in [4.78, 5) is 0. The van der Waals surface area contributed by atoms with Crippen LogP contribution in [0.15, 0.2) is 0 Å². The second kappa shape index (κ2) is 4.23. The molecule has 5 unspecified atom stereocenters. The average Bonchev–Trinajstić information content (AvgIpc) is 2.89. The Hall–Kier alpha value is -0.0900. The predicted molar refractivity (Wildman–Crippen MR) is 68.6 cm³/mol. The predicted octanol–water partition coefficient (Wildman–Crippen LogP) is 1.73. The van der Waals surface area contributed by atoms with Crippen molar-refractivity contribution in [1.82, 2.24) is 5.32 Å². The van der Waals surface area contributed by atoms with Gasteiger partial charge in [-0.05, 0) is 43.9 Å². The van der Waals surface area contributed by atoms with Crippen molar-refractivity contribution < 1.29 is 8.42 Å². The molecule has 17 heavy (non-hydrogen) atoms. The maximum absolute atomic E-state index is 11.7. The van der Waals surface area contributed by atoms with Crippen molar-refractivity contribution in [3.05, 3.63) is 0 Å². The van der Waals surface area contributed by atoms with Crippen molar-refractivity contribution in [2.75, 3.05) is 6.26 Å². The molecular weight excluding hydrogens is 234 g/mol. The second-order valence-corrected chi connectivity index (χ2v) is 8.62. The molecule has 3 nitrogen and oxygen atoms in total. The first-order chi connectivity index (χ1) is 8.04. The number of hydrogen-bond donors (Lipinski definition) is 1. The first-order valence-corrected chi connectivity index (χ1v) is 8.94. The third-order valence-corrected chi connectivity index (χ3v) is 6.83. The van der Waals surface area contributed by atoms with E-state index in [1.807, 2.05) is 0 Å². The quantitative estimate of drug-likeness (QED) is 0.837. The van der Waals surface area contributed by atoms with Crippen LogP contribution in [-0.2, 0) is 9.84 Å². The van der Waals surface area contributed by atoms with Crippen LogP contribution in [0, 0.1) is 11.8 Å². The normalized spacial score (nSPS) is 45.6. The lowest BCUT2D eigenvalue weighted by Gasteiger charge is -2.29. The number of fused-ring (bicyclic) bond motifs is 2. The van der Waals surface area contributed by atoms with Crippen LogP contribution in [0.4, 0.5) is 0 Å². The maximum Gasteiger partial charge on any atom is 0.151 e. The Labute approximate surface area is 104 Å². The molecule has 0 aromatic carbocycles. The minimum Gasteiger partial charge on any atom is -0.310 e. The second-order valence-electron chi connectivity index (χ2n) is 6.35. The topological polar surface area (TPSA) is 46.2 Å². The summed E-state index contributed by atoms with van der Waals surface area (Å²) >= 11 is 0. The van der Waals surface area contributed by atoms with Gasteiger partial charge < -0.3 is 5.32 Å². The molecule has 3 aliphatic carbocycles. The van der Waals surface area contributed by atoms with Gasteiger partial charge in [0.25, 0.3) is 0 Å². The molecule has 0 aliphatic heterocycles. The van der Waals surface area contributed by atoms with Crippen LogP contribution in [0.3, 0.4) is 0 Å². The molecule has 98 valence electrons. The van der Waals surface area contributed by atoms with Crippen LogP contribution in [0.2, 0.25) is 0 Å². The van der Waals surface area contributed by atoms with E-state index in [0.717, 1.165) is 31.1 Å². The van der Waals surface area contributed by atoms with Crippen molar-refractivity contribution in [3.8, 4) is 0 Å². The Kier molecular flexibility index (Phi) is 2.98. The molecule has 2 bridgehead atoms. The fraction of sp³-hybridized carbons (Fsp3) is 1.00. The molecular formula is C13H23NO2S. The van der Waals surface area contributed by atoms with Gasteiger partial charge in [-0.25, -0.2) is 8.42 Å². The molecule has 0 aromatic rings. The van der Waals surface area contributed by atoms with Crippen molar-refractivity contribution in [2.24, 2.45) is 11.8 Å². The highest BCUT2D eigenvalue weighted by molar-refractivity contribution is 7.91. The van der Waals surface area contributed by atoms with Crippen LogP contribution in [0.25, 0.3) is 0 Å². The number of rotatable bonds is 3. The number of sulfone groups is 1. The Morgan fingerprint density at radius 1 is 1.00 bits per heavy atom. The number of hydrogen-bond acceptors (Lipinski definition) is 3. The van der Waals surface area contributed by atoms with E-state index in [1.165, 1.54) is 31.9 Å². The van der Waals surface area contributed by atoms with Crippen LogP contribution in [0.1, 0.15) is 44.9 Å². The van der Waals surface area contributed by atoms with E-state index in [4.69, 9.17) is 0 Å². The van der Waals surface area contributed by atoms with Crippen molar-refractivity contribution in [1.29, 1.82) is 0 Å². The Bertz CT molecular complexity index is 392. The van der Waals surface area contributed by atoms with E-state index in [0.29, 0.717) is 6.04 Å². The monoisotopic (exact) mass is 257 g/mol. The Morgan fingerprint density at radius 3 is 2.41 bits per heavy atom. The SMILES string of the molecule is CS(=O)(=O)C1CCCC1NC1CC2CCC1C2. The first kappa shape index (κ1) is 12.0. The van der Waals surface area contributed by atoms with Crippen molar-refractivity contribution >= 4 is 9.84 Å². The molecule has 3 fully saturated rings. The highest BCUT2D eigenvalue weighted by Gasteiger charge is 2.43. The summed E-state index contributed by atoms with van der Waals surface area (Å²) in [6, 6.07) is 0.843. The fourth-order valence-corrected chi connectivity index (χ4v) is 5.76. The molecule has 3 rings (SSSR count). The van der Waals surface area contributed by atoms with Gasteiger partial charge in [-0.3, -0.25) is 0 Å². The molecule has 0 spiro atoms. The minimum absolute atomic E-state index is 0.123. The summed E-state index contributed by atoms with van der Waals surface area (Å²) in [5.41, 5.74) is 0. The molecule has 0 heterocycles. The van der Waals surface area contributed by atoms with Crippen molar-refractivity contribution in [3.63, 3.8) is 0 Å². The largest absolute Gasteiger partial charge is 0.310 e. The van der Waals surface area contributed by atoms with E-state index >= 15 is 0 Å². The molecule has 3 saturated carbocycles. The van der Waals surface area contributed by atoms with Gasteiger partial charge in [0, 0.05) is 18.3 Å². The first-order valence-electron chi connectivity index (χ1n) is 6.99. The minimum atomic E-state index is -2.87. The van der Waals surface area contributed by atoms with E-state index in [-0.39, 0.29) is 11.3 Å². The molecule has 1 N–H and O–H groups in total. The number of nitrogens with one attached hydrogen (secondary N) is 1.